The van der Waals surface area contributed by atoms with Crippen molar-refractivity contribution in [1.82, 2.24) is 9.88 Å². The van der Waals surface area contributed by atoms with Crippen LogP contribution in [0.4, 0.5) is 0 Å². The van der Waals surface area contributed by atoms with Crippen LogP contribution in [0, 0.1) is 0 Å². The Hall–Kier alpha value is -1.99. The quantitative estimate of drug-likeness (QED) is 0.758. The molecule has 1 amide bonds. The van der Waals surface area contributed by atoms with Crippen molar-refractivity contribution in [2.75, 3.05) is 32.8 Å². The summed E-state index contributed by atoms with van der Waals surface area (Å²) in [7, 11) is 0. The lowest BCUT2D eigenvalue weighted by atomic mass is 9.97. The van der Waals surface area contributed by atoms with E-state index in [1.54, 1.807) is 16.2 Å². The molecule has 1 aromatic heterocycles. The van der Waals surface area contributed by atoms with Crippen LogP contribution in [0.15, 0.2) is 24.3 Å². The molecule has 29 heavy (non-hydrogen) atoms. The fourth-order valence-corrected chi connectivity index (χ4v) is 5.68. The van der Waals surface area contributed by atoms with Crippen molar-refractivity contribution >= 4 is 33.4 Å². The van der Waals surface area contributed by atoms with Crippen LogP contribution in [0.25, 0.3) is 10.2 Å². The molecule has 2 saturated heterocycles. The second-order valence-electron chi connectivity index (χ2n) is 8.07. The molecule has 1 N–H and O–H groups in total. The highest BCUT2D eigenvalue weighted by molar-refractivity contribution is 7.18. The number of carbonyl (C=O) groups excluding carboxylic acids is 2. The maximum atomic E-state index is 12.9. The highest BCUT2D eigenvalue weighted by Gasteiger charge is 2.35. The molecule has 2 fully saturated rings. The van der Waals surface area contributed by atoms with E-state index in [1.165, 1.54) is 14.6 Å². The van der Waals surface area contributed by atoms with Gasteiger partial charge in [-0.15, -0.1) is 11.3 Å². The Morgan fingerprint density at radius 1 is 1.21 bits per heavy atom. The topological polar surface area (TPSA) is 63.9 Å². The van der Waals surface area contributed by atoms with Crippen molar-refractivity contribution in [3.63, 3.8) is 0 Å². The van der Waals surface area contributed by atoms with E-state index in [-0.39, 0.29) is 11.9 Å². The van der Waals surface area contributed by atoms with Gasteiger partial charge in [0.15, 0.2) is 6.54 Å². The number of carbonyl (C=O) groups is 2. The fourth-order valence-electron chi connectivity index (χ4n) is 4.54. The van der Waals surface area contributed by atoms with E-state index in [9.17, 15) is 9.59 Å². The largest absolute Gasteiger partial charge is 0.464 e. The number of fused-ring (bicyclic) bond motifs is 1. The summed E-state index contributed by atoms with van der Waals surface area (Å²) in [4.78, 5) is 33.1. The van der Waals surface area contributed by atoms with Crippen LogP contribution >= 0.6 is 11.3 Å². The first-order chi connectivity index (χ1) is 14.2. The molecule has 156 valence electrons. The summed E-state index contributed by atoms with van der Waals surface area (Å²) in [5.41, 5.74) is 1.09. The number of hydrogen-bond acceptors (Lipinski definition) is 5. The van der Waals surface area contributed by atoms with Crippen LogP contribution in [-0.2, 0) is 14.3 Å². The molecule has 0 unspecified atom stereocenters. The van der Waals surface area contributed by atoms with E-state index in [4.69, 9.17) is 9.72 Å². The van der Waals surface area contributed by atoms with Crippen molar-refractivity contribution in [3.8, 4) is 0 Å². The summed E-state index contributed by atoms with van der Waals surface area (Å²) >= 11 is 1.80. The van der Waals surface area contributed by atoms with Gasteiger partial charge in [-0.25, -0.2) is 9.78 Å². The Morgan fingerprint density at radius 2 is 2.00 bits per heavy atom. The summed E-state index contributed by atoms with van der Waals surface area (Å²) in [5.74, 6) is 0.342. The van der Waals surface area contributed by atoms with Crippen LogP contribution in [0.1, 0.15) is 50.0 Å². The molecule has 0 spiro atoms. The zero-order valence-corrected chi connectivity index (χ0v) is 17.9. The summed E-state index contributed by atoms with van der Waals surface area (Å²) in [5, 5.41) is 1.23. The molecule has 6 nitrogen and oxygen atoms in total. The average Bonchev–Trinajstić information content (AvgIpc) is 3.19. The molecule has 2 aliphatic heterocycles. The molecule has 1 atom stereocenters. The fraction of sp³-hybridized carbons (Fsp3) is 0.591. The Bertz CT molecular complexity index is 827. The number of aromatic nitrogens is 1. The predicted molar refractivity (Wildman–Crippen MR) is 113 cm³/mol. The standard InChI is InChI=1S/C22H29N3O3S/c1-2-28-22(27)18-8-5-6-12-25(18)20(26)15-24-13-10-16(11-14-24)21-23-17-7-3-4-9-19(17)29-21/h3-4,7,9,16,18H,2,5-6,8,10-15H2,1H3/p+1/t18-/m0/s1. The molecular formula is C22H30N3O3S+. The van der Waals surface area contributed by atoms with Crippen LogP contribution in [0.2, 0.25) is 0 Å². The second-order valence-corrected chi connectivity index (χ2v) is 9.13. The van der Waals surface area contributed by atoms with Crippen LogP contribution in [-0.4, -0.2) is 60.6 Å². The van der Waals surface area contributed by atoms with Gasteiger partial charge in [-0.3, -0.25) is 4.79 Å². The van der Waals surface area contributed by atoms with E-state index < -0.39 is 6.04 Å². The number of piperidine rings is 2. The van der Waals surface area contributed by atoms with E-state index in [2.05, 4.69) is 18.2 Å². The number of thiazole rings is 1. The number of quaternary nitrogens is 1. The number of ether oxygens (including phenoxy) is 1. The lowest BCUT2D eigenvalue weighted by Crippen LogP contribution is -3.14. The average molecular weight is 417 g/mol. The minimum absolute atomic E-state index is 0.0937. The normalized spacial score (nSPS) is 25.1. The van der Waals surface area contributed by atoms with Gasteiger partial charge in [-0.1, -0.05) is 12.1 Å². The first kappa shape index (κ1) is 20.3. The van der Waals surface area contributed by atoms with Crippen molar-refractivity contribution < 1.29 is 19.2 Å². The number of para-hydroxylation sites is 1. The summed E-state index contributed by atoms with van der Waals surface area (Å²) in [6, 6.07) is 7.92. The van der Waals surface area contributed by atoms with Gasteiger partial charge in [0.05, 0.1) is 34.9 Å². The lowest BCUT2D eigenvalue weighted by Gasteiger charge is -2.35. The molecule has 4 rings (SSSR count). The van der Waals surface area contributed by atoms with E-state index in [0.717, 1.165) is 50.7 Å². The van der Waals surface area contributed by atoms with Crippen LogP contribution < -0.4 is 4.90 Å². The number of nitrogens with one attached hydrogen (secondary N) is 1. The lowest BCUT2D eigenvalue weighted by molar-refractivity contribution is -0.897. The van der Waals surface area contributed by atoms with Gasteiger partial charge < -0.3 is 14.5 Å². The van der Waals surface area contributed by atoms with Crippen molar-refractivity contribution in [2.24, 2.45) is 0 Å². The summed E-state index contributed by atoms with van der Waals surface area (Å²) in [6.07, 6.45) is 4.79. The van der Waals surface area contributed by atoms with Crippen molar-refractivity contribution in [2.45, 2.75) is 51.0 Å². The molecule has 0 saturated carbocycles. The van der Waals surface area contributed by atoms with Gasteiger partial charge in [-0.2, -0.15) is 0 Å². The second kappa shape index (κ2) is 9.22. The summed E-state index contributed by atoms with van der Waals surface area (Å²) < 4.78 is 6.45. The Labute approximate surface area is 175 Å². The first-order valence-electron chi connectivity index (χ1n) is 10.8. The van der Waals surface area contributed by atoms with Gasteiger partial charge >= 0.3 is 5.97 Å². The Balaban J connectivity index is 1.32. The van der Waals surface area contributed by atoms with Gasteiger partial charge in [0.25, 0.3) is 5.91 Å². The maximum Gasteiger partial charge on any atom is 0.328 e. The third kappa shape index (κ3) is 4.61. The molecule has 1 aromatic carbocycles. The molecule has 0 radical (unpaired) electrons. The molecule has 0 bridgehead atoms. The number of amides is 1. The first-order valence-corrected chi connectivity index (χ1v) is 11.6. The predicted octanol–water partition coefficient (Wildman–Crippen LogP) is 2.00. The van der Waals surface area contributed by atoms with E-state index in [1.807, 2.05) is 13.0 Å². The van der Waals surface area contributed by atoms with Crippen LogP contribution in [0.3, 0.4) is 0 Å². The van der Waals surface area contributed by atoms with E-state index in [0.29, 0.717) is 25.6 Å². The van der Waals surface area contributed by atoms with Gasteiger partial charge in [0.1, 0.15) is 6.04 Å². The smallest absolute Gasteiger partial charge is 0.328 e. The van der Waals surface area contributed by atoms with Crippen molar-refractivity contribution in [3.05, 3.63) is 29.3 Å². The van der Waals surface area contributed by atoms with Crippen molar-refractivity contribution in [1.29, 1.82) is 0 Å². The molecule has 7 heteroatoms. The highest BCUT2D eigenvalue weighted by Crippen LogP contribution is 2.31. The van der Waals surface area contributed by atoms with Crippen LogP contribution in [0.5, 0.6) is 0 Å². The zero-order chi connectivity index (χ0) is 20.2. The number of rotatable bonds is 5. The number of hydrogen-bond donors (Lipinski definition) is 1. The van der Waals surface area contributed by atoms with E-state index >= 15 is 0 Å². The SMILES string of the molecule is CCOC(=O)[C@@H]1CCCCN1C(=O)C[NH+]1CCC(c2nc3ccccc3s2)CC1. The number of esters is 1. The van der Waals surface area contributed by atoms with Gasteiger partial charge in [0.2, 0.25) is 0 Å². The number of benzene rings is 1. The molecule has 2 aromatic rings. The zero-order valence-electron chi connectivity index (χ0n) is 17.1. The Kier molecular flexibility index (Phi) is 6.45. The number of likely N-dealkylation sites (tertiary alicyclic amines) is 2. The Morgan fingerprint density at radius 3 is 2.76 bits per heavy atom. The summed E-state index contributed by atoms with van der Waals surface area (Å²) in [6.45, 7) is 5.27. The molecular weight excluding hydrogens is 386 g/mol. The highest BCUT2D eigenvalue weighted by atomic mass is 32.1. The minimum Gasteiger partial charge on any atom is -0.464 e. The number of nitrogens with zero attached hydrogens (tertiary/aromatic N) is 2. The molecule has 2 aliphatic rings. The minimum atomic E-state index is -0.393. The van der Waals surface area contributed by atoms with Gasteiger partial charge in [0, 0.05) is 25.3 Å². The molecule has 0 aliphatic carbocycles. The molecule has 3 heterocycles. The third-order valence-electron chi connectivity index (χ3n) is 6.14. The third-order valence-corrected chi connectivity index (χ3v) is 7.33. The monoisotopic (exact) mass is 416 g/mol. The maximum absolute atomic E-state index is 12.9. The van der Waals surface area contributed by atoms with Gasteiger partial charge in [-0.05, 0) is 38.3 Å².